The highest BCUT2D eigenvalue weighted by molar-refractivity contribution is 5.92. The van der Waals surface area contributed by atoms with Crippen LogP contribution in [0, 0.1) is 5.82 Å². The van der Waals surface area contributed by atoms with Crippen LogP contribution < -0.4 is 15.8 Å². The largest absolute Gasteiger partial charge is 0.423 e. The maximum Gasteiger partial charge on any atom is 0.338 e. The smallest absolute Gasteiger partial charge is 0.338 e. The number of para-hydroxylation sites is 1. The molecule has 9 heteroatoms. The van der Waals surface area contributed by atoms with Gasteiger partial charge >= 0.3 is 5.63 Å². The molecule has 0 aliphatic carbocycles. The number of nitrogens with one attached hydrogen (secondary N) is 1. The first kappa shape index (κ1) is 23.9. The summed E-state index contributed by atoms with van der Waals surface area (Å²) in [6.07, 6.45) is 1.87. The van der Waals surface area contributed by atoms with Crippen LogP contribution in [-0.4, -0.2) is 53.9 Å². The summed E-state index contributed by atoms with van der Waals surface area (Å²) < 4.78 is 19.0. The number of pyridine rings is 1. The predicted octanol–water partition coefficient (Wildman–Crippen LogP) is 3.84. The van der Waals surface area contributed by atoms with Gasteiger partial charge in [0.15, 0.2) is 0 Å². The SMILES string of the molecule is Cl.O=c1cc(NCCCN2CCN(c3nccc4ccc(F)cc34)CC2O)c2ccccc2o1. The highest BCUT2D eigenvalue weighted by Crippen LogP contribution is 2.27. The second-order valence-corrected chi connectivity index (χ2v) is 8.22. The van der Waals surface area contributed by atoms with Crippen molar-refractivity contribution in [2.45, 2.75) is 12.6 Å². The van der Waals surface area contributed by atoms with Crippen molar-refractivity contribution in [3.05, 3.63) is 77.0 Å². The van der Waals surface area contributed by atoms with E-state index in [2.05, 4.69) is 10.3 Å². The van der Waals surface area contributed by atoms with Crippen molar-refractivity contribution < 1.29 is 13.9 Å². The molecule has 1 atom stereocenters. The minimum absolute atomic E-state index is 0. The molecular formula is C25H26ClFN4O3. The molecule has 5 rings (SSSR count). The van der Waals surface area contributed by atoms with Crippen LogP contribution in [0.5, 0.6) is 0 Å². The van der Waals surface area contributed by atoms with Crippen LogP contribution in [0.2, 0.25) is 0 Å². The van der Waals surface area contributed by atoms with Gasteiger partial charge in [-0.15, -0.1) is 12.4 Å². The molecule has 1 fully saturated rings. The second-order valence-electron chi connectivity index (χ2n) is 8.22. The Labute approximate surface area is 202 Å². The van der Waals surface area contributed by atoms with E-state index >= 15 is 0 Å². The number of aliphatic hydroxyl groups is 1. The lowest BCUT2D eigenvalue weighted by atomic mass is 10.1. The number of hydrogen-bond acceptors (Lipinski definition) is 7. The van der Waals surface area contributed by atoms with Crippen LogP contribution in [-0.2, 0) is 0 Å². The van der Waals surface area contributed by atoms with E-state index < -0.39 is 6.23 Å². The highest BCUT2D eigenvalue weighted by atomic mass is 35.5. The van der Waals surface area contributed by atoms with Crippen molar-refractivity contribution in [1.82, 2.24) is 9.88 Å². The van der Waals surface area contributed by atoms with Crippen LogP contribution in [0.25, 0.3) is 21.7 Å². The number of rotatable bonds is 6. The third-order valence-electron chi connectivity index (χ3n) is 6.06. The lowest BCUT2D eigenvalue weighted by Crippen LogP contribution is -2.53. The zero-order valence-corrected chi connectivity index (χ0v) is 19.3. The average molecular weight is 485 g/mol. The van der Waals surface area contributed by atoms with Crippen LogP contribution in [0.4, 0.5) is 15.9 Å². The second kappa shape index (κ2) is 10.4. The molecule has 2 aromatic heterocycles. The normalized spacial score (nSPS) is 16.5. The molecule has 0 radical (unpaired) electrons. The summed E-state index contributed by atoms with van der Waals surface area (Å²) in [5.74, 6) is 0.398. The Hall–Kier alpha value is -3.20. The summed E-state index contributed by atoms with van der Waals surface area (Å²) in [5, 5.41) is 16.6. The number of aromatic nitrogens is 1. The number of fused-ring (bicyclic) bond motifs is 2. The van der Waals surface area contributed by atoms with Crippen molar-refractivity contribution in [2.24, 2.45) is 0 Å². The molecule has 2 aromatic carbocycles. The van der Waals surface area contributed by atoms with Gasteiger partial charge in [-0.1, -0.05) is 18.2 Å². The zero-order valence-electron chi connectivity index (χ0n) is 18.5. The van der Waals surface area contributed by atoms with Gasteiger partial charge in [-0.2, -0.15) is 0 Å². The zero-order chi connectivity index (χ0) is 22.8. The molecule has 0 spiro atoms. The number of halogens is 2. The first-order valence-corrected chi connectivity index (χ1v) is 11.1. The third kappa shape index (κ3) is 4.99. The third-order valence-corrected chi connectivity index (χ3v) is 6.06. The van der Waals surface area contributed by atoms with E-state index in [1.807, 2.05) is 34.1 Å². The Morgan fingerprint density at radius 2 is 1.97 bits per heavy atom. The van der Waals surface area contributed by atoms with Gasteiger partial charge in [-0.3, -0.25) is 4.90 Å². The van der Waals surface area contributed by atoms with Crippen LogP contribution in [0.3, 0.4) is 0 Å². The van der Waals surface area contributed by atoms with Crippen molar-refractivity contribution in [3.8, 4) is 0 Å². The molecule has 0 amide bonds. The van der Waals surface area contributed by atoms with Crippen LogP contribution in [0.1, 0.15) is 6.42 Å². The van der Waals surface area contributed by atoms with Crippen LogP contribution >= 0.6 is 12.4 Å². The van der Waals surface area contributed by atoms with Gasteiger partial charge in [0.25, 0.3) is 0 Å². The van der Waals surface area contributed by atoms with Crippen molar-refractivity contribution in [3.63, 3.8) is 0 Å². The predicted molar refractivity (Wildman–Crippen MR) is 134 cm³/mol. The number of β-amino-alcohol motifs (C(OH)–C–C–N with tert-alkyl or cyclic N) is 1. The van der Waals surface area contributed by atoms with Crippen LogP contribution in [0.15, 0.2) is 70.0 Å². The van der Waals surface area contributed by atoms with E-state index in [1.54, 1.807) is 18.3 Å². The van der Waals surface area contributed by atoms with Crippen molar-refractivity contribution in [2.75, 3.05) is 42.9 Å². The lowest BCUT2D eigenvalue weighted by molar-refractivity contribution is -0.00351. The fourth-order valence-electron chi connectivity index (χ4n) is 4.40. The first-order chi connectivity index (χ1) is 16.1. The maximum atomic E-state index is 13.8. The van der Waals surface area contributed by atoms with Gasteiger partial charge in [0.1, 0.15) is 23.4 Å². The molecule has 0 saturated carbocycles. The van der Waals surface area contributed by atoms with Gasteiger partial charge in [0, 0.05) is 49.2 Å². The van der Waals surface area contributed by atoms with E-state index in [4.69, 9.17) is 4.42 Å². The Bertz CT molecular complexity index is 1350. The van der Waals surface area contributed by atoms with Gasteiger partial charge in [0.05, 0.1) is 12.2 Å². The summed E-state index contributed by atoms with van der Waals surface area (Å²) in [6.45, 7) is 3.13. The summed E-state index contributed by atoms with van der Waals surface area (Å²) >= 11 is 0. The molecule has 0 bridgehead atoms. The molecule has 4 aromatic rings. The average Bonchev–Trinajstić information content (AvgIpc) is 2.82. The Balaban J connectivity index is 0.00000274. The standard InChI is InChI=1S/C25H25FN4O3.ClH/c26-18-7-6-17-8-10-28-25(20(17)14-18)30-13-12-29(23(31)16-30)11-3-9-27-21-15-24(32)33-22-5-2-1-4-19(21)22;/h1-2,4-8,10,14-15,23,27,31H,3,9,11-13,16H2;1H. The van der Waals surface area contributed by atoms with Gasteiger partial charge in [0.2, 0.25) is 0 Å². The Morgan fingerprint density at radius 1 is 1.12 bits per heavy atom. The van der Waals surface area contributed by atoms with E-state index in [9.17, 15) is 14.3 Å². The highest BCUT2D eigenvalue weighted by Gasteiger charge is 2.26. The summed E-state index contributed by atoms with van der Waals surface area (Å²) in [6, 6.07) is 15.4. The van der Waals surface area contributed by atoms with Gasteiger partial charge < -0.3 is 19.7 Å². The molecular weight excluding hydrogens is 459 g/mol. The number of piperazine rings is 1. The number of aliphatic hydroxyl groups excluding tert-OH is 1. The molecule has 1 aliphatic heterocycles. The minimum Gasteiger partial charge on any atom is -0.423 e. The minimum atomic E-state index is -0.644. The molecule has 1 aliphatic rings. The summed E-state index contributed by atoms with van der Waals surface area (Å²) in [7, 11) is 0. The topological polar surface area (TPSA) is 81.8 Å². The molecule has 3 heterocycles. The van der Waals surface area contributed by atoms with E-state index in [0.29, 0.717) is 44.1 Å². The van der Waals surface area contributed by atoms with E-state index in [-0.39, 0.29) is 23.8 Å². The van der Waals surface area contributed by atoms with Gasteiger partial charge in [-0.05, 0) is 42.1 Å². The molecule has 7 nitrogen and oxygen atoms in total. The summed E-state index contributed by atoms with van der Waals surface area (Å²) in [5.41, 5.74) is 0.923. The van der Waals surface area contributed by atoms with E-state index in [0.717, 1.165) is 28.3 Å². The fourth-order valence-corrected chi connectivity index (χ4v) is 4.40. The molecule has 1 saturated heterocycles. The Kier molecular flexibility index (Phi) is 7.31. The summed E-state index contributed by atoms with van der Waals surface area (Å²) in [4.78, 5) is 20.3. The van der Waals surface area contributed by atoms with Crippen molar-refractivity contribution in [1.29, 1.82) is 0 Å². The molecule has 34 heavy (non-hydrogen) atoms. The molecule has 2 N–H and O–H groups in total. The lowest BCUT2D eigenvalue weighted by Gasteiger charge is -2.39. The number of hydrogen-bond donors (Lipinski definition) is 2. The maximum absolute atomic E-state index is 13.8. The molecule has 178 valence electrons. The first-order valence-electron chi connectivity index (χ1n) is 11.1. The fraction of sp³-hybridized carbons (Fsp3) is 0.280. The Morgan fingerprint density at radius 3 is 2.82 bits per heavy atom. The van der Waals surface area contributed by atoms with Crippen molar-refractivity contribution >= 4 is 45.7 Å². The molecule has 1 unspecified atom stereocenters. The van der Waals surface area contributed by atoms with Gasteiger partial charge in [-0.25, -0.2) is 14.2 Å². The van der Waals surface area contributed by atoms with E-state index in [1.165, 1.54) is 18.2 Å². The number of anilines is 2. The monoisotopic (exact) mass is 484 g/mol. The quantitative estimate of drug-likeness (QED) is 0.318. The number of benzene rings is 2. The number of nitrogens with zero attached hydrogens (tertiary/aromatic N) is 3.